The Kier molecular flexibility index (Phi) is 5.49. The van der Waals surface area contributed by atoms with E-state index < -0.39 is 0 Å². The standard InChI is InChI=1S/C20H24N6O/c1-13-11-14(2)23-19(22-13)9-10-21-20(27)24-17-5-7-18(8-6-17)26-16(4)12-15(3)25-26/h5-8,11-12H,9-10H2,1-4H3,(H2,21,24,27). The summed E-state index contributed by atoms with van der Waals surface area (Å²) in [6.07, 6.45) is 0.590. The predicted molar refractivity (Wildman–Crippen MR) is 105 cm³/mol. The number of anilines is 1. The molecular formula is C20H24N6O. The smallest absolute Gasteiger partial charge is 0.319 e. The number of hydrogen-bond donors (Lipinski definition) is 2. The van der Waals surface area contributed by atoms with Gasteiger partial charge in [-0.15, -0.1) is 0 Å². The maximum atomic E-state index is 12.1. The van der Waals surface area contributed by atoms with Crippen LogP contribution in [0.25, 0.3) is 5.69 Å². The summed E-state index contributed by atoms with van der Waals surface area (Å²) in [5.41, 5.74) is 5.59. The van der Waals surface area contributed by atoms with Gasteiger partial charge in [0.25, 0.3) is 0 Å². The molecule has 7 heteroatoms. The summed E-state index contributed by atoms with van der Waals surface area (Å²) in [6, 6.07) is 11.3. The number of aryl methyl sites for hydroxylation is 4. The van der Waals surface area contributed by atoms with Gasteiger partial charge in [-0.3, -0.25) is 0 Å². The predicted octanol–water partition coefficient (Wildman–Crippen LogP) is 3.26. The Labute approximate surface area is 158 Å². The molecule has 2 heterocycles. The van der Waals surface area contributed by atoms with Crippen LogP contribution >= 0.6 is 0 Å². The lowest BCUT2D eigenvalue weighted by molar-refractivity contribution is 0.252. The van der Waals surface area contributed by atoms with Crippen LogP contribution in [0, 0.1) is 27.7 Å². The fourth-order valence-electron chi connectivity index (χ4n) is 2.95. The second kappa shape index (κ2) is 7.99. The summed E-state index contributed by atoms with van der Waals surface area (Å²) in [5, 5.41) is 10.1. The number of nitrogens with zero attached hydrogens (tertiary/aromatic N) is 4. The van der Waals surface area contributed by atoms with Crippen molar-refractivity contribution in [3.63, 3.8) is 0 Å². The highest BCUT2D eigenvalue weighted by Crippen LogP contribution is 2.15. The highest BCUT2D eigenvalue weighted by Gasteiger charge is 2.06. The first kappa shape index (κ1) is 18.6. The van der Waals surface area contributed by atoms with Crippen LogP contribution in [0.4, 0.5) is 10.5 Å². The van der Waals surface area contributed by atoms with Gasteiger partial charge in [0.1, 0.15) is 5.82 Å². The van der Waals surface area contributed by atoms with Gasteiger partial charge in [-0.2, -0.15) is 5.10 Å². The molecule has 0 saturated heterocycles. The van der Waals surface area contributed by atoms with E-state index in [1.807, 2.05) is 68.8 Å². The number of carbonyl (C=O) groups excluding carboxylic acids is 1. The highest BCUT2D eigenvalue weighted by atomic mass is 16.2. The van der Waals surface area contributed by atoms with E-state index in [1.54, 1.807) is 0 Å². The Morgan fingerprint density at radius 2 is 1.63 bits per heavy atom. The molecule has 7 nitrogen and oxygen atoms in total. The molecule has 0 aliphatic rings. The first-order valence-electron chi connectivity index (χ1n) is 8.90. The summed E-state index contributed by atoms with van der Waals surface area (Å²) in [5.74, 6) is 0.738. The summed E-state index contributed by atoms with van der Waals surface area (Å²) in [7, 11) is 0. The zero-order chi connectivity index (χ0) is 19.4. The maximum absolute atomic E-state index is 12.1. The number of amides is 2. The monoisotopic (exact) mass is 364 g/mol. The van der Waals surface area contributed by atoms with Crippen molar-refractivity contribution in [2.24, 2.45) is 0 Å². The van der Waals surface area contributed by atoms with Crippen LogP contribution in [0.15, 0.2) is 36.4 Å². The van der Waals surface area contributed by atoms with Crippen molar-refractivity contribution in [2.75, 3.05) is 11.9 Å². The lowest BCUT2D eigenvalue weighted by Crippen LogP contribution is -2.30. The quantitative estimate of drug-likeness (QED) is 0.728. The lowest BCUT2D eigenvalue weighted by atomic mass is 10.2. The average Bonchev–Trinajstić information content (AvgIpc) is 2.93. The van der Waals surface area contributed by atoms with Crippen LogP contribution < -0.4 is 10.6 Å². The third-order valence-corrected chi connectivity index (χ3v) is 4.04. The molecule has 27 heavy (non-hydrogen) atoms. The number of rotatable bonds is 5. The number of carbonyl (C=O) groups is 1. The summed E-state index contributed by atoms with van der Waals surface area (Å²) in [4.78, 5) is 20.8. The van der Waals surface area contributed by atoms with Crippen LogP contribution in [-0.4, -0.2) is 32.3 Å². The topological polar surface area (TPSA) is 84.7 Å². The minimum absolute atomic E-state index is 0.252. The molecule has 0 saturated carbocycles. The maximum Gasteiger partial charge on any atom is 0.319 e. The summed E-state index contributed by atoms with van der Waals surface area (Å²) < 4.78 is 1.88. The number of urea groups is 1. The lowest BCUT2D eigenvalue weighted by Gasteiger charge is -2.09. The minimum Gasteiger partial charge on any atom is -0.337 e. The van der Waals surface area contributed by atoms with E-state index in [4.69, 9.17) is 0 Å². The van der Waals surface area contributed by atoms with Gasteiger partial charge in [-0.25, -0.2) is 19.4 Å². The van der Waals surface area contributed by atoms with Gasteiger partial charge in [0.05, 0.1) is 11.4 Å². The Bertz CT molecular complexity index is 925. The van der Waals surface area contributed by atoms with Crippen molar-refractivity contribution in [2.45, 2.75) is 34.1 Å². The van der Waals surface area contributed by atoms with Gasteiger partial charge >= 0.3 is 6.03 Å². The molecule has 0 spiro atoms. The molecule has 0 radical (unpaired) electrons. The van der Waals surface area contributed by atoms with Gasteiger partial charge in [0.15, 0.2) is 0 Å². The minimum atomic E-state index is -0.252. The molecule has 0 aliphatic carbocycles. The molecule has 0 aliphatic heterocycles. The molecular weight excluding hydrogens is 340 g/mol. The fourth-order valence-corrected chi connectivity index (χ4v) is 2.95. The van der Waals surface area contributed by atoms with Crippen molar-refractivity contribution in [3.8, 4) is 5.69 Å². The van der Waals surface area contributed by atoms with Gasteiger partial charge in [0.2, 0.25) is 0 Å². The molecule has 3 rings (SSSR count). The molecule has 0 fully saturated rings. The molecule has 0 unspecified atom stereocenters. The second-order valence-corrected chi connectivity index (χ2v) is 6.58. The van der Waals surface area contributed by atoms with Crippen molar-refractivity contribution >= 4 is 11.7 Å². The molecule has 2 aromatic heterocycles. The van der Waals surface area contributed by atoms with Crippen molar-refractivity contribution < 1.29 is 4.79 Å². The SMILES string of the molecule is Cc1cc(C)nc(CCNC(=O)Nc2ccc(-n3nc(C)cc3C)cc2)n1. The molecule has 2 amide bonds. The Hall–Kier alpha value is -3.22. The van der Waals surface area contributed by atoms with E-state index in [2.05, 4.69) is 25.7 Å². The van der Waals surface area contributed by atoms with Crippen molar-refractivity contribution in [1.29, 1.82) is 0 Å². The zero-order valence-electron chi connectivity index (χ0n) is 16.1. The van der Waals surface area contributed by atoms with E-state index >= 15 is 0 Å². The second-order valence-electron chi connectivity index (χ2n) is 6.58. The van der Waals surface area contributed by atoms with Crippen LogP contribution in [0.5, 0.6) is 0 Å². The normalized spacial score (nSPS) is 10.7. The van der Waals surface area contributed by atoms with Gasteiger partial charge in [0, 0.05) is 35.7 Å². The van der Waals surface area contributed by atoms with E-state index in [0.29, 0.717) is 13.0 Å². The van der Waals surface area contributed by atoms with Crippen molar-refractivity contribution in [3.05, 3.63) is 65.0 Å². The van der Waals surface area contributed by atoms with E-state index in [0.717, 1.165) is 40.0 Å². The fraction of sp³-hybridized carbons (Fsp3) is 0.300. The number of benzene rings is 1. The average molecular weight is 364 g/mol. The Balaban J connectivity index is 1.52. The molecule has 1 aromatic carbocycles. The number of aromatic nitrogens is 4. The number of nitrogens with one attached hydrogen (secondary N) is 2. The van der Waals surface area contributed by atoms with E-state index in [1.165, 1.54) is 0 Å². The molecule has 140 valence electrons. The first-order chi connectivity index (χ1) is 12.9. The molecule has 3 aromatic rings. The van der Waals surface area contributed by atoms with Crippen LogP contribution in [0.3, 0.4) is 0 Å². The highest BCUT2D eigenvalue weighted by molar-refractivity contribution is 5.89. The molecule has 0 bridgehead atoms. The third-order valence-electron chi connectivity index (χ3n) is 4.04. The zero-order valence-corrected chi connectivity index (χ0v) is 16.1. The van der Waals surface area contributed by atoms with E-state index in [-0.39, 0.29) is 6.03 Å². The van der Waals surface area contributed by atoms with Crippen LogP contribution in [-0.2, 0) is 6.42 Å². The van der Waals surface area contributed by atoms with Crippen molar-refractivity contribution in [1.82, 2.24) is 25.1 Å². The molecule has 0 atom stereocenters. The third kappa shape index (κ3) is 4.91. The van der Waals surface area contributed by atoms with E-state index in [9.17, 15) is 4.79 Å². The van der Waals surface area contributed by atoms with Gasteiger partial charge in [-0.1, -0.05) is 0 Å². The number of hydrogen-bond acceptors (Lipinski definition) is 4. The van der Waals surface area contributed by atoms with Gasteiger partial charge < -0.3 is 10.6 Å². The summed E-state index contributed by atoms with van der Waals surface area (Å²) >= 11 is 0. The Morgan fingerprint density at radius 3 is 2.22 bits per heavy atom. The summed E-state index contributed by atoms with van der Waals surface area (Å²) in [6.45, 7) is 8.33. The largest absolute Gasteiger partial charge is 0.337 e. The first-order valence-corrected chi connectivity index (χ1v) is 8.90. The van der Waals surface area contributed by atoms with Crippen LogP contribution in [0.2, 0.25) is 0 Å². The van der Waals surface area contributed by atoms with Gasteiger partial charge in [-0.05, 0) is 64.1 Å². The molecule has 2 N–H and O–H groups in total. The Morgan fingerprint density at radius 1 is 0.963 bits per heavy atom. The van der Waals surface area contributed by atoms with Crippen LogP contribution in [0.1, 0.15) is 28.6 Å².